The number of nitrogens with zero attached hydrogens (tertiary/aromatic N) is 3. The summed E-state index contributed by atoms with van der Waals surface area (Å²) < 4.78 is 2.64. The molecular weight excluding hydrogens is 1550 g/mol. The minimum atomic E-state index is -0.755. The monoisotopic (exact) mass is 1670 g/mol. The Bertz CT molecular complexity index is 7290. The maximum Gasteiger partial charge on any atom is 0.252 e. The van der Waals surface area contributed by atoms with Crippen LogP contribution >= 0.6 is 0 Å². The van der Waals surface area contributed by atoms with E-state index in [2.05, 4.69) is 503 Å². The molecule has 2 aliphatic heterocycles. The first kappa shape index (κ1) is 82.4. The van der Waals surface area contributed by atoms with Crippen molar-refractivity contribution in [3.8, 4) is 83.6 Å². The molecule has 0 bridgehead atoms. The van der Waals surface area contributed by atoms with Gasteiger partial charge in [0.25, 0.3) is 6.71 Å². The lowest BCUT2D eigenvalue weighted by Crippen LogP contribution is -2.61. The highest BCUT2D eigenvalue weighted by molar-refractivity contribution is 7.00. The molecule has 0 saturated heterocycles. The Balaban J connectivity index is 0.982. The van der Waals surface area contributed by atoms with Gasteiger partial charge >= 0.3 is 0 Å². The summed E-state index contributed by atoms with van der Waals surface area (Å²) in [6.45, 7) is 42.3. The molecule has 3 heterocycles. The first-order chi connectivity index (χ1) is 61.8. The molecule has 17 aromatic carbocycles. The maximum absolute atomic E-state index is 2.80. The molecule has 0 radical (unpaired) electrons. The number of benzene rings is 17. The Morgan fingerprint density at radius 1 is 0.233 bits per heavy atom. The van der Waals surface area contributed by atoms with Gasteiger partial charge in [0.2, 0.25) is 0 Å². The van der Waals surface area contributed by atoms with Crippen LogP contribution in [0.1, 0.15) is 180 Å². The highest BCUT2D eigenvalue weighted by atomic mass is 15.2. The zero-order valence-electron chi connectivity index (χ0n) is 78.1. The van der Waals surface area contributed by atoms with E-state index in [1.165, 1.54) is 121 Å². The molecule has 21 rings (SSSR count). The van der Waals surface area contributed by atoms with Gasteiger partial charge in [0.15, 0.2) is 0 Å². The average molecular weight is 1670 g/mol. The number of aromatic nitrogens is 1. The van der Waals surface area contributed by atoms with Crippen molar-refractivity contribution in [2.75, 3.05) is 9.80 Å². The van der Waals surface area contributed by atoms with Crippen LogP contribution < -0.4 is 26.2 Å². The molecule has 3 aliphatic rings. The Morgan fingerprint density at radius 2 is 0.651 bits per heavy atom. The highest BCUT2D eigenvalue weighted by Crippen LogP contribution is 2.61. The minimum Gasteiger partial charge on any atom is -0.310 e. The Labute approximate surface area is 764 Å². The molecule has 1 aliphatic carbocycles. The van der Waals surface area contributed by atoms with Crippen LogP contribution in [0.15, 0.2) is 364 Å². The average Bonchev–Trinajstić information content (AvgIpc) is 1.68. The van der Waals surface area contributed by atoms with E-state index in [1.54, 1.807) is 0 Å². The Morgan fingerprint density at radius 3 is 1.14 bits per heavy atom. The lowest BCUT2D eigenvalue weighted by molar-refractivity contribution is 0.569. The van der Waals surface area contributed by atoms with Crippen LogP contribution in [0.5, 0.6) is 0 Å². The van der Waals surface area contributed by atoms with Gasteiger partial charge in [0, 0.05) is 55.8 Å². The fraction of sp³-hybridized carbons (Fsp3) is 0.200. The van der Waals surface area contributed by atoms with Crippen molar-refractivity contribution in [2.24, 2.45) is 0 Å². The third kappa shape index (κ3) is 13.8. The van der Waals surface area contributed by atoms with Gasteiger partial charge in [0.05, 0.1) is 33.5 Å². The van der Waals surface area contributed by atoms with Crippen molar-refractivity contribution >= 4 is 89.8 Å². The number of anilines is 6. The molecule has 0 amide bonds. The van der Waals surface area contributed by atoms with E-state index in [0.29, 0.717) is 0 Å². The van der Waals surface area contributed by atoms with Crippen molar-refractivity contribution in [2.45, 2.75) is 163 Å². The summed E-state index contributed by atoms with van der Waals surface area (Å²) in [4.78, 5) is 5.57. The number of fused-ring (bicyclic) bond motifs is 11. The predicted molar refractivity (Wildman–Crippen MR) is 554 cm³/mol. The van der Waals surface area contributed by atoms with E-state index in [-0.39, 0.29) is 39.2 Å². The molecule has 1 atom stereocenters. The first-order valence-corrected chi connectivity index (χ1v) is 46.5. The van der Waals surface area contributed by atoms with Crippen LogP contribution in [-0.4, -0.2) is 11.3 Å². The molecule has 1 unspecified atom stereocenters. The maximum atomic E-state index is 2.80. The predicted octanol–water partition coefficient (Wildman–Crippen LogP) is 32.2. The lowest BCUT2D eigenvalue weighted by atomic mass is 9.33. The molecule has 18 aromatic rings. The minimum absolute atomic E-state index is 0.131. The van der Waals surface area contributed by atoms with E-state index in [0.717, 1.165) is 101 Å². The molecule has 0 fully saturated rings. The van der Waals surface area contributed by atoms with Gasteiger partial charge in [-0.2, -0.15) is 0 Å². The number of hydrogen-bond acceptors (Lipinski definition) is 2. The molecule has 4 heteroatoms. The summed E-state index contributed by atoms with van der Waals surface area (Å²) in [5.74, 6) is 0. The molecule has 0 saturated carbocycles. The van der Waals surface area contributed by atoms with Crippen LogP contribution in [0, 0.1) is 0 Å². The quantitative estimate of drug-likeness (QED) is 0.120. The van der Waals surface area contributed by atoms with Crippen molar-refractivity contribution in [3.63, 3.8) is 0 Å². The highest BCUT2D eigenvalue weighted by Gasteiger charge is 2.50. The van der Waals surface area contributed by atoms with Gasteiger partial charge in [-0.3, -0.25) is 0 Å². The molecule has 1 aromatic heterocycles. The van der Waals surface area contributed by atoms with Gasteiger partial charge in [-0.25, -0.2) is 0 Å². The third-order valence-electron chi connectivity index (χ3n) is 28.3. The lowest BCUT2D eigenvalue weighted by Gasteiger charge is -2.46. The van der Waals surface area contributed by atoms with Crippen LogP contribution in [0.3, 0.4) is 0 Å². The molecule has 129 heavy (non-hydrogen) atoms. The van der Waals surface area contributed by atoms with E-state index in [4.69, 9.17) is 0 Å². The normalized spacial score (nSPS) is 14.4. The number of hydrogen-bond donors (Lipinski definition) is 0. The van der Waals surface area contributed by atoms with E-state index >= 15 is 0 Å². The van der Waals surface area contributed by atoms with Crippen LogP contribution in [0.25, 0.3) is 116 Å². The number of rotatable bonds is 11. The van der Waals surface area contributed by atoms with Gasteiger partial charge in [0.1, 0.15) is 0 Å². The Hall–Kier alpha value is -13.5. The van der Waals surface area contributed by atoms with E-state index in [9.17, 15) is 0 Å². The van der Waals surface area contributed by atoms with Crippen LogP contribution in [0.2, 0.25) is 0 Å². The third-order valence-corrected chi connectivity index (χ3v) is 28.3. The van der Waals surface area contributed by atoms with E-state index < -0.39 is 5.41 Å². The molecule has 3 nitrogen and oxygen atoms in total. The first-order valence-electron chi connectivity index (χ1n) is 46.5. The van der Waals surface area contributed by atoms with Crippen molar-refractivity contribution in [3.05, 3.63) is 420 Å². The van der Waals surface area contributed by atoms with Crippen LogP contribution in [-0.2, 0) is 37.9 Å². The van der Waals surface area contributed by atoms with Crippen LogP contribution in [0.4, 0.5) is 34.1 Å². The molecule has 0 N–H and O–H groups in total. The van der Waals surface area contributed by atoms with Crippen molar-refractivity contribution in [1.82, 2.24) is 4.57 Å². The zero-order chi connectivity index (χ0) is 89.3. The summed E-state index contributed by atoms with van der Waals surface area (Å²) in [7, 11) is 0. The van der Waals surface area contributed by atoms with Crippen molar-refractivity contribution < 1.29 is 0 Å². The molecule has 0 spiro atoms. The van der Waals surface area contributed by atoms with E-state index in [1.807, 2.05) is 0 Å². The SMILES string of the molecule is CC(C)(C)c1cc(-c2ccc3c(c2)B2c4ccc(-c5cccc6c5C(c5ccccc5)(c5ccc7ccccc7c5)c5ccccc5-6)cc4N(c4c(-c5ccccc5)cc(C(C)(C)C)cc4-c4ccccc4)c4cc(-n5c6ccc(C(C)(C)C)cc6c6cc(C(C)(C)C)ccc65)cc(c42)N3c2c(-c3ccccc3)cc(C(C)(C)C)cc2-c2ccccc2)cc(C(C)(C)C)c1. The van der Waals surface area contributed by atoms with Gasteiger partial charge in [-0.1, -0.05) is 410 Å². The fourth-order valence-electron chi connectivity index (χ4n) is 21.3. The standard InChI is InChI=1S/C125H114BN3/c1-119(2,3)89-59-63-109-104(71-89)105-72-90(120(4,5)6)60-64-110(105)127(109)96-77-113-116-114(78-96)129(118-102(82-44-28-21-29-45-82)75-95(124(16,17)18)76-103(118)83-46-30-22-31-47-83)112-69-86(97-52-38-53-99-98-51-36-37-54-106(98)125(115(97)99,88-49-32-23-33-50-88)91-58-55-79-39-34-35-48-84(79)65-91)56-61-107(112)126(116)108-68-85(87-66-92(121(7,8)9)70-93(67-87)122(10,11)12)57-62-111(108)128(113)117-100(80-40-24-19-25-41-80)73-94(123(13,14)15)74-101(117)81-42-26-20-27-43-81/h19-78H,1-18H3. The zero-order valence-corrected chi connectivity index (χ0v) is 78.1. The van der Waals surface area contributed by atoms with Gasteiger partial charge < -0.3 is 14.4 Å². The summed E-state index contributed by atoms with van der Waals surface area (Å²) >= 11 is 0. The van der Waals surface area contributed by atoms with Gasteiger partial charge in [-0.05, 0) is 250 Å². The fourth-order valence-corrected chi connectivity index (χ4v) is 21.3. The summed E-state index contributed by atoms with van der Waals surface area (Å²) in [6.07, 6.45) is 0. The topological polar surface area (TPSA) is 11.4 Å². The van der Waals surface area contributed by atoms with Gasteiger partial charge in [-0.15, -0.1) is 0 Å². The summed E-state index contributed by atoms with van der Waals surface area (Å²) in [5, 5.41) is 4.89. The summed E-state index contributed by atoms with van der Waals surface area (Å²) in [6, 6.07) is 142. The van der Waals surface area contributed by atoms with Crippen molar-refractivity contribution in [1.29, 1.82) is 0 Å². The second-order valence-electron chi connectivity index (χ2n) is 42.9. The second-order valence-corrected chi connectivity index (χ2v) is 42.9. The smallest absolute Gasteiger partial charge is 0.252 e. The summed E-state index contributed by atoms with van der Waals surface area (Å²) in [5.41, 5.74) is 41.0. The largest absolute Gasteiger partial charge is 0.310 e. The molecular formula is C125H114BN3. The second kappa shape index (κ2) is 30.3. The molecule has 632 valence electrons. The Kier molecular flexibility index (Phi) is 19.4.